The Hall–Kier alpha value is -1.53. The molecule has 0 fully saturated rings. The molecule has 1 amide bonds. The third-order valence-corrected chi connectivity index (χ3v) is 4.04. The van der Waals surface area contributed by atoms with Crippen molar-refractivity contribution < 1.29 is 4.79 Å². The average molecular weight is 339 g/mol. The van der Waals surface area contributed by atoms with Crippen LogP contribution in [-0.4, -0.2) is 31.5 Å². The van der Waals surface area contributed by atoms with Crippen molar-refractivity contribution in [3.05, 3.63) is 35.6 Å². The Kier molecular flexibility index (Phi) is 5.13. The van der Waals surface area contributed by atoms with Crippen LogP contribution < -0.4 is 5.32 Å². The van der Waals surface area contributed by atoms with Crippen molar-refractivity contribution in [2.24, 2.45) is 0 Å². The summed E-state index contributed by atoms with van der Waals surface area (Å²) in [6.07, 6.45) is 1.61. The van der Waals surface area contributed by atoms with Crippen LogP contribution in [0, 0.1) is 0 Å². The number of carbonyl (C=O) groups is 1. The zero-order valence-electron chi connectivity index (χ0n) is 13.0. The van der Waals surface area contributed by atoms with E-state index in [1.54, 1.807) is 6.33 Å². The Bertz CT molecular complexity index is 666. The van der Waals surface area contributed by atoms with Crippen molar-refractivity contribution in [2.45, 2.75) is 43.6 Å². The topological polar surface area (TPSA) is 59.8 Å². The van der Waals surface area contributed by atoms with Gasteiger partial charge in [-0.3, -0.25) is 9.36 Å². The van der Waals surface area contributed by atoms with Crippen LogP contribution in [0.1, 0.15) is 27.7 Å². The van der Waals surface area contributed by atoms with Crippen LogP contribution in [0.2, 0.25) is 5.02 Å². The largest absolute Gasteiger partial charge is 0.351 e. The number of thioether (sulfide) groups is 1. The predicted octanol–water partition coefficient (Wildman–Crippen LogP) is 3.32. The number of hydrogen-bond acceptors (Lipinski definition) is 4. The maximum Gasteiger partial charge on any atom is 0.233 e. The molecule has 0 aliphatic rings. The van der Waals surface area contributed by atoms with E-state index < -0.39 is 0 Å². The lowest BCUT2D eigenvalue weighted by Gasteiger charge is -2.22. The third-order valence-electron chi connectivity index (χ3n) is 2.75. The first-order chi connectivity index (χ1) is 10.3. The molecule has 1 aromatic heterocycles. The van der Waals surface area contributed by atoms with Crippen molar-refractivity contribution in [1.29, 1.82) is 0 Å². The highest BCUT2D eigenvalue weighted by Gasteiger charge is 2.22. The molecule has 7 heteroatoms. The standard InChI is InChI=1S/C15H19ClN4OS/c1-10(13(21)18-15(2,3)4)22-14-19-17-9-20(14)12-7-5-6-11(16)8-12/h5-10H,1-4H3,(H,18,21). The first-order valence-corrected chi connectivity index (χ1v) is 8.17. The molecule has 22 heavy (non-hydrogen) atoms. The zero-order valence-corrected chi connectivity index (χ0v) is 14.6. The lowest BCUT2D eigenvalue weighted by atomic mass is 10.1. The zero-order chi connectivity index (χ0) is 16.3. The minimum Gasteiger partial charge on any atom is -0.351 e. The molecule has 0 radical (unpaired) electrons. The highest BCUT2D eigenvalue weighted by molar-refractivity contribution is 8.00. The summed E-state index contributed by atoms with van der Waals surface area (Å²) in [4.78, 5) is 12.2. The van der Waals surface area contributed by atoms with E-state index in [9.17, 15) is 4.79 Å². The average Bonchev–Trinajstić information content (AvgIpc) is 2.84. The number of hydrogen-bond donors (Lipinski definition) is 1. The molecule has 0 aliphatic heterocycles. The van der Waals surface area contributed by atoms with E-state index in [4.69, 9.17) is 11.6 Å². The van der Waals surface area contributed by atoms with Crippen LogP contribution in [-0.2, 0) is 4.79 Å². The Labute approximate surface area is 139 Å². The Morgan fingerprint density at radius 1 is 1.41 bits per heavy atom. The lowest BCUT2D eigenvalue weighted by molar-refractivity contribution is -0.121. The second-order valence-corrected chi connectivity index (χ2v) is 7.71. The molecule has 1 atom stereocenters. The number of rotatable bonds is 4. The van der Waals surface area contributed by atoms with Gasteiger partial charge in [-0.25, -0.2) is 0 Å². The third kappa shape index (κ3) is 4.48. The monoisotopic (exact) mass is 338 g/mol. The maximum absolute atomic E-state index is 12.2. The lowest BCUT2D eigenvalue weighted by Crippen LogP contribution is -2.44. The van der Waals surface area contributed by atoms with Crippen LogP contribution in [0.4, 0.5) is 0 Å². The minimum atomic E-state index is -0.277. The number of halogens is 1. The van der Waals surface area contributed by atoms with Crippen molar-refractivity contribution in [2.75, 3.05) is 0 Å². The normalized spacial score (nSPS) is 13.0. The van der Waals surface area contributed by atoms with Crippen molar-refractivity contribution in [3.8, 4) is 5.69 Å². The van der Waals surface area contributed by atoms with Gasteiger partial charge in [0.05, 0.1) is 10.9 Å². The van der Waals surface area contributed by atoms with E-state index in [1.807, 2.05) is 56.5 Å². The second-order valence-electron chi connectivity index (χ2n) is 5.96. The Morgan fingerprint density at radius 2 is 2.14 bits per heavy atom. The summed E-state index contributed by atoms with van der Waals surface area (Å²) in [6, 6.07) is 7.41. The number of nitrogens with zero attached hydrogens (tertiary/aromatic N) is 3. The SMILES string of the molecule is CC(Sc1nncn1-c1cccc(Cl)c1)C(=O)NC(C)(C)C. The smallest absolute Gasteiger partial charge is 0.233 e. The van der Waals surface area contributed by atoms with Crippen molar-refractivity contribution in [3.63, 3.8) is 0 Å². The Morgan fingerprint density at radius 3 is 2.77 bits per heavy atom. The number of aromatic nitrogens is 3. The van der Waals surface area contributed by atoms with E-state index in [0.29, 0.717) is 10.2 Å². The molecule has 118 valence electrons. The van der Waals surface area contributed by atoms with Gasteiger partial charge >= 0.3 is 0 Å². The fraction of sp³-hybridized carbons (Fsp3) is 0.400. The van der Waals surface area contributed by atoms with Crippen molar-refractivity contribution >= 4 is 29.3 Å². The van der Waals surface area contributed by atoms with Gasteiger partial charge in [-0.15, -0.1) is 10.2 Å². The first kappa shape index (κ1) is 16.8. The fourth-order valence-electron chi connectivity index (χ4n) is 1.79. The fourth-order valence-corrected chi connectivity index (χ4v) is 2.82. The molecule has 1 aromatic carbocycles. The summed E-state index contributed by atoms with van der Waals surface area (Å²) < 4.78 is 1.82. The summed E-state index contributed by atoms with van der Waals surface area (Å²) in [5, 5.41) is 12.0. The quantitative estimate of drug-likeness (QED) is 0.869. The van der Waals surface area contributed by atoms with E-state index in [-0.39, 0.29) is 16.7 Å². The summed E-state index contributed by atoms with van der Waals surface area (Å²) in [5.74, 6) is -0.0295. The van der Waals surface area contributed by atoms with Gasteiger partial charge in [0.2, 0.25) is 5.91 Å². The molecule has 1 heterocycles. The van der Waals surface area contributed by atoms with Crippen LogP contribution in [0.5, 0.6) is 0 Å². The number of benzene rings is 1. The van der Waals surface area contributed by atoms with Gasteiger partial charge in [-0.2, -0.15) is 0 Å². The van der Waals surface area contributed by atoms with Gasteiger partial charge < -0.3 is 5.32 Å². The number of nitrogens with one attached hydrogen (secondary N) is 1. The van der Waals surface area contributed by atoms with Gasteiger partial charge in [-0.1, -0.05) is 29.4 Å². The molecule has 1 N–H and O–H groups in total. The van der Waals surface area contributed by atoms with Crippen LogP contribution in [0.3, 0.4) is 0 Å². The molecule has 2 aromatic rings. The van der Waals surface area contributed by atoms with Crippen LogP contribution >= 0.6 is 23.4 Å². The highest BCUT2D eigenvalue weighted by atomic mass is 35.5. The molecule has 1 unspecified atom stereocenters. The summed E-state index contributed by atoms with van der Waals surface area (Å²) in [7, 11) is 0. The molecule has 0 spiro atoms. The van der Waals surface area contributed by atoms with Gasteiger partial charge in [0.15, 0.2) is 5.16 Å². The molecule has 0 bridgehead atoms. The summed E-state index contributed by atoms with van der Waals surface area (Å²) in [6.45, 7) is 7.72. The van der Waals surface area contributed by atoms with Crippen molar-refractivity contribution in [1.82, 2.24) is 20.1 Å². The van der Waals surface area contributed by atoms with Gasteiger partial charge in [0, 0.05) is 10.6 Å². The molecular formula is C15H19ClN4OS. The molecule has 5 nitrogen and oxygen atoms in total. The highest BCUT2D eigenvalue weighted by Crippen LogP contribution is 2.25. The van der Waals surface area contributed by atoms with Gasteiger partial charge in [-0.05, 0) is 45.9 Å². The van der Waals surface area contributed by atoms with E-state index in [1.165, 1.54) is 11.8 Å². The van der Waals surface area contributed by atoms with Gasteiger partial charge in [0.1, 0.15) is 6.33 Å². The molecule has 0 aliphatic carbocycles. The molecule has 0 saturated heterocycles. The molecular weight excluding hydrogens is 320 g/mol. The number of amides is 1. The first-order valence-electron chi connectivity index (χ1n) is 6.91. The van der Waals surface area contributed by atoms with Crippen LogP contribution in [0.25, 0.3) is 5.69 Å². The second kappa shape index (κ2) is 6.71. The number of carbonyl (C=O) groups excluding carboxylic acids is 1. The van der Waals surface area contributed by atoms with E-state index >= 15 is 0 Å². The predicted molar refractivity (Wildman–Crippen MR) is 89.6 cm³/mol. The van der Waals surface area contributed by atoms with Crippen LogP contribution in [0.15, 0.2) is 35.7 Å². The maximum atomic E-state index is 12.2. The van der Waals surface area contributed by atoms with E-state index in [0.717, 1.165) is 5.69 Å². The Balaban J connectivity index is 2.15. The molecule has 0 saturated carbocycles. The van der Waals surface area contributed by atoms with E-state index in [2.05, 4.69) is 15.5 Å². The summed E-state index contributed by atoms with van der Waals surface area (Å²) in [5.41, 5.74) is 0.607. The minimum absolute atomic E-state index is 0.0295. The van der Waals surface area contributed by atoms with Gasteiger partial charge in [0.25, 0.3) is 0 Å². The summed E-state index contributed by atoms with van der Waals surface area (Å²) >= 11 is 7.38. The molecule has 2 rings (SSSR count).